The molecule has 2 rings (SSSR count). The summed E-state index contributed by atoms with van der Waals surface area (Å²) in [4.78, 5) is 12.8. The Kier molecular flexibility index (Phi) is 5.13. The van der Waals surface area contributed by atoms with E-state index in [1.54, 1.807) is 0 Å². The fourth-order valence-corrected chi connectivity index (χ4v) is 2.74. The number of anilines is 1. The lowest BCUT2D eigenvalue weighted by atomic mass is 10.2. The summed E-state index contributed by atoms with van der Waals surface area (Å²) in [6.45, 7) is 3.87. The third-order valence-corrected chi connectivity index (χ3v) is 4.17. The molecule has 0 saturated heterocycles. The van der Waals surface area contributed by atoms with E-state index in [2.05, 4.69) is 5.32 Å². The summed E-state index contributed by atoms with van der Waals surface area (Å²) in [6, 6.07) is 7.63. The van der Waals surface area contributed by atoms with Crippen molar-refractivity contribution in [1.82, 2.24) is 0 Å². The molecule has 0 spiro atoms. The number of hydrogen-bond acceptors (Lipinski definition) is 2. The number of thioether (sulfide) groups is 1. The zero-order valence-electron chi connectivity index (χ0n) is 12.0. The van der Waals surface area contributed by atoms with E-state index in [1.807, 2.05) is 32.0 Å². The number of rotatable bonds is 4. The number of benzene rings is 2. The quantitative estimate of drug-likeness (QED) is 0.664. The molecule has 0 saturated carbocycles. The predicted molar refractivity (Wildman–Crippen MR) is 81.6 cm³/mol. The highest BCUT2D eigenvalue weighted by atomic mass is 32.2. The number of carbonyl (C=O) groups excluding carboxylic acids is 1. The smallest absolute Gasteiger partial charge is 0.234 e. The average Bonchev–Trinajstić information content (AvgIpc) is 2.49. The fourth-order valence-electron chi connectivity index (χ4n) is 1.81. The van der Waals surface area contributed by atoms with Crippen LogP contribution in [0.4, 0.5) is 18.9 Å². The summed E-state index contributed by atoms with van der Waals surface area (Å²) in [7, 11) is 0. The maximum atomic E-state index is 13.5. The number of aryl methyl sites for hydroxylation is 2. The van der Waals surface area contributed by atoms with E-state index in [0.29, 0.717) is 0 Å². The van der Waals surface area contributed by atoms with Gasteiger partial charge in [0.05, 0.1) is 11.4 Å². The lowest BCUT2D eigenvalue weighted by Gasteiger charge is -2.09. The number of carbonyl (C=O) groups is 1. The van der Waals surface area contributed by atoms with Gasteiger partial charge in [-0.05, 0) is 37.6 Å². The highest BCUT2D eigenvalue weighted by molar-refractivity contribution is 8.00. The normalized spacial score (nSPS) is 10.6. The predicted octanol–water partition coefficient (Wildman–Crippen LogP) is 4.45. The van der Waals surface area contributed by atoms with E-state index in [-0.39, 0.29) is 11.4 Å². The molecule has 1 amide bonds. The molecule has 2 aromatic rings. The van der Waals surface area contributed by atoms with Crippen molar-refractivity contribution in [2.75, 3.05) is 11.1 Å². The van der Waals surface area contributed by atoms with Crippen LogP contribution in [0.25, 0.3) is 0 Å². The molecule has 1 N–H and O–H groups in total. The van der Waals surface area contributed by atoms with Gasteiger partial charge in [0.1, 0.15) is 0 Å². The molecule has 0 heterocycles. The molecule has 0 unspecified atom stereocenters. The zero-order chi connectivity index (χ0) is 16.3. The maximum absolute atomic E-state index is 13.5. The second-order valence-electron chi connectivity index (χ2n) is 4.83. The SMILES string of the molecule is Cc1ccc(C)c(SCC(=O)Nc2ccc(F)c(F)c2F)c1. The van der Waals surface area contributed by atoms with Crippen molar-refractivity contribution in [3.8, 4) is 0 Å². The summed E-state index contributed by atoms with van der Waals surface area (Å²) in [6.07, 6.45) is 0. The summed E-state index contributed by atoms with van der Waals surface area (Å²) in [5.74, 6) is -4.73. The molecule has 0 aliphatic heterocycles. The molecule has 2 aromatic carbocycles. The number of hydrogen-bond donors (Lipinski definition) is 1. The lowest BCUT2D eigenvalue weighted by molar-refractivity contribution is -0.113. The van der Waals surface area contributed by atoms with Gasteiger partial charge in [0, 0.05) is 4.90 Å². The van der Waals surface area contributed by atoms with Crippen LogP contribution in [0.1, 0.15) is 11.1 Å². The van der Waals surface area contributed by atoms with Gasteiger partial charge in [-0.15, -0.1) is 11.8 Å². The Morgan fingerprint density at radius 3 is 2.55 bits per heavy atom. The molecule has 0 bridgehead atoms. The first-order valence-corrected chi connectivity index (χ1v) is 7.50. The molecule has 2 nitrogen and oxygen atoms in total. The minimum absolute atomic E-state index is 0.0444. The standard InChI is InChI=1S/C16H14F3NOS/c1-9-3-4-10(2)13(7-9)22-8-14(21)20-12-6-5-11(17)15(18)16(12)19/h3-7H,8H2,1-2H3,(H,20,21). The van der Waals surface area contributed by atoms with Crippen LogP contribution < -0.4 is 5.32 Å². The Balaban J connectivity index is 2.02. The van der Waals surface area contributed by atoms with Gasteiger partial charge in [0.25, 0.3) is 0 Å². The number of halogens is 3. The second-order valence-corrected chi connectivity index (χ2v) is 5.85. The first kappa shape index (κ1) is 16.4. The molecule has 0 aliphatic carbocycles. The van der Waals surface area contributed by atoms with Crippen molar-refractivity contribution < 1.29 is 18.0 Å². The van der Waals surface area contributed by atoms with Crippen LogP contribution in [0.15, 0.2) is 35.2 Å². The molecular formula is C16H14F3NOS. The van der Waals surface area contributed by atoms with Gasteiger partial charge in [-0.25, -0.2) is 13.2 Å². The van der Waals surface area contributed by atoms with Crippen LogP contribution in [-0.4, -0.2) is 11.7 Å². The van der Waals surface area contributed by atoms with Crippen LogP contribution in [0, 0.1) is 31.3 Å². The highest BCUT2D eigenvalue weighted by Crippen LogP contribution is 2.24. The molecule has 0 atom stereocenters. The van der Waals surface area contributed by atoms with E-state index in [4.69, 9.17) is 0 Å². The molecule has 0 aliphatic rings. The molecular weight excluding hydrogens is 311 g/mol. The Morgan fingerprint density at radius 2 is 1.82 bits per heavy atom. The molecule has 116 valence electrons. The second kappa shape index (κ2) is 6.87. The van der Waals surface area contributed by atoms with Gasteiger partial charge in [0.15, 0.2) is 17.5 Å². The number of amides is 1. The zero-order valence-corrected chi connectivity index (χ0v) is 12.9. The summed E-state index contributed by atoms with van der Waals surface area (Å²) >= 11 is 1.30. The molecule has 0 radical (unpaired) electrons. The van der Waals surface area contributed by atoms with Crippen LogP contribution in [0.5, 0.6) is 0 Å². The van der Waals surface area contributed by atoms with Crippen LogP contribution in [-0.2, 0) is 4.79 Å². The van der Waals surface area contributed by atoms with Gasteiger partial charge in [-0.2, -0.15) is 0 Å². The third kappa shape index (κ3) is 3.82. The summed E-state index contributed by atoms with van der Waals surface area (Å²) in [5.41, 5.74) is 1.73. The minimum Gasteiger partial charge on any atom is -0.323 e. The van der Waals surface area contributed by atoms with E-state index in [0.717, 1.165) is 28.2 Å². The maximum Gasteiger partial charge on any atom is 0.234 e. The highest BCUT2D eigenvalue weighted by Gasteiger charge is 2.15. The summed E-state index contributed by atoms with van der Waals surface area (Å²) in [5, 5.41) is 2.24. The molecule has 22 heavy (non-hydrogen) atoms. The van der Waals surface area contributed by atoms with Crippen molar-refractivity contribution in [3.05, 3.63) is 58.9 Å². The van der Waals surface area contributed by atoms with E-state index in [1.165, 1.54) is 11.8 Å². The van der Waals surface area contributed by atoms with Gasteiger partial charge in [0.2, 0.25) is 5.91 Å². The van der Waals surface area contributed by atoms with Crippen molar-refractivity contribution in [1.29, 1.82) is 0 Å². The third-order valence-electron chi connectivity index (χ3n) is 3.01. The number of nitrogens with one attached hydrogen (secondary N) is 1. The molecule has 0 fully saturated rings. The average molecular weight is 325 g/mol. The van der Waals surface area contributed by atoms with Crippen LogP contribution in [0.3, 0.4) is 0 Å². The van der Waals surface area contributed by atoms with Crippen molar-refractivity contribution in [2.24, 2.45) is 0 Å². The van der Waals surface area contributed by atoms with Gasteiger partial charge in [-0.3, -0.25) is 4.79 Å². The summed E-state index contributed by atoms with van der Waals surface area (Å²) < 4.78 is 39.4. The van der Waals surface area contributed by atoms with Gasteiger partial charge in [-0.1, -0.05) is 17.7 Å². The topological polar surface area (TPSA) is 29.1 Å². The Morgan fingerprint density at radius 1 is 1.09 bits per heavy atom. The lowest BCUT2D eigenvalue weighted by Crippen LogP contribution is -2.16. The van der Waals surface area contributed by atoms with Crippen molar-refractivity contribution >= 4 is 23.4 Å². The van der Waals surface area contributed by atoms with E-state index < -0.39 is 23.4 Å². The van der Waals surface area contributed by atoms with E-state index in [9.17, 15) is 18.0 Å². The first-order valence-electron chi connectivity index (χ1n) is 6.52. The van der Waals surface area contributed by atoms with Crippen LogP contribution >= 0.6 is 11.8 Å². The Hall–Kier alpha value is -1.95. The Labute approximate surface area is 130 Å². The largest absolute Gasteiger partial charge is 0.323 e. The first-order chi connectivity index (χ1) is 10.4. The van der Waals surface area contributed by atoms with Gasteiger partial charge >= 0.3 is 0 Å². The Bertz CT molecular complexity index is 719. The minimum atomic E-state index is -1.60. The molecule has 0 aromatic heterocycles. The van der Waals surface area contributed by atoms with Crippen LogP contribution in [0.2, 0.25) is 0 Å². The molecule has 6 heteroatoms. The van der Waals surface area contributed by atoms with Crippen molar-refractivity contribution in [2.45, 2.75) is 18.7 Å². The van der Waals surface area contributed by atoms with Crippen molar-refractivity contribution in [3.63, 3.8) is 0 Å². The van der Waals surface area contributed by atoms with E-state index >= 15 is 0 Å². The fraction of sp³-hybridized carbons (Fsp3) is 0.188. The monoisotopic (exact) mass is 325 g/mol. The van der Waals surface area contributed by atoms with Gasteiger partial charge < -0.3 is 5.32 Å².